The molecule has 2 fully saturated rings. The van der Waals surface area contributed by atoms with Crippen LogP contribution in [0.1, 0.15) is 32.1 Å². The maximum absolute atomic E-state index is 5.78. The summed E-state index contributed by atoms with van der Waals surface area (Å²) in [6.07, 6.45) is 6.02. The molecule has 1 aliphatic heterocycles. The molecule has 0 aromatic carbocycles. The van der Waals surface area contributed by atoms with Crippen molar-refractivity contribution >= 4 is 11.6 Å². The second-order valence-corrected chi connectivity index (χ2v) is 3.99. The molecule has 70 valence electrons. The lowest BCUT2D eigenvalue weighted by atomic mass is 9.94. The van der Waals surface area contributed by atoms with Gasteiger partial charge in [0.1, 0.15) is 0 Å². The van der Waals surface area contributed by atoms with Crippen LogP contribution in [-0.4, -0.2) is 24.4 Å². The second-order valence-electron chi connectivity index (χ2n) is 3.68. The molecular weight excluding hydrogens is 176 g/mol. The van der Waals surface area contributed by atoms with E-state index in [1.807, 2.05) is 0 Å². The molecule has 0 radical (unpaired) electrons. The van der Waals surface area contributed by atoms with Crippen LogP contribution in [0.15, 0.2) is 0 Å². The lowest BCUT2D eigenvalue weighted by Gasteiger charge is -2.31. The molecule has 0 aromatic rings. The molecule has 0 unspecified atom stereocenters. The third-order valence-corrected chi connectivity index (χ3v) is 3.05. The van der Waals surface area contributed by atoms with Gasteiger partial charge < -0.3 is 9.47 Å². The Morgan fingerprint density at radius 1 is 1.25 bits per heavy atom. The van der Waals surface area contributed by atoms with Crippen molar-refractivity contribution in [1.82, 2.24) is 0 Å². The zero-order chi connectivity index (χ0) is 8.44. The van der Waals surface area contributed by atoms with Crippen LogP contribution in [0.5, 0.6) is 0 Å². The first kappa shape index (κ1) is 8.79. The summed E-state index contributed by atoms with van der Waals surface area (Å²) in [5.41, 5.74) is 0. The summed E-state index contributed by atoms with van der Waals surface area (Å²) in [7, 11) is 0. The van der Waals surface area contributed by atoms with Crippen LogP contribution >= 0.6 is 11.6 Å². The van der Waals surface area contributed by atoms with Gasteiger partial charge in [0.25, 0.3) is 0 Å². The van der Waals surface area contributed by atoms with Gasteiger partial charge in [0.2, 0.25) is 0 Å². The summed E-state index contributed by atoms with van der Waals surface area (Å²) in [5, 5.41) is 0. The van der Waals surface area contributed by atoms with Crippen LogP contribution in [-0.2, 0) is 9.47 Å². The van der Waals surface area contributed by atoms with E-state index in [0.717, 1.165) is 12.8 Å². The fraction of sp³-hybridized carbons (Fsp3) is 1.00. The van der Waals surface area contributed by atoms with Gasteiger partial charge in [-0.2, -0.15) is 0 Å². The number of rotatable bonds is 1. The van der Waals surface area contributed by atoms with E-state index in [1.54, 1.807) is 0 Å². The SMILES string of the molecule is ClC[C@H]1COC2(CCCCC2)O1. The first-order chi connectivity index (χ1) is 5.85. The largest absolute Gasteiger partial charge is 0.347 e. The zero-order valence-corrected chi connectivity index (χ0v) is 7.98. The van der Waals surface area contributed by atoms with Crippen LogP contribution in [0.25, 0.3) is 0 Å². The van der Waals surface area contributed by atoms with Crippen molar-refractivity contribution in [1.29, 1.82) is 0 Å². The molecule has 2 aliphatic rings. The van der Waals surface area contributed by atoms with Crippen molar-refractivity contribution in [3.05, 3.63) is 0 Å². The summed E-state index contributed by atoms with van der Waals surface area (Å²) < 4.78 is 11.5. The minimum absolute atomic E-state index is 0.129. The summed E-state index contributed by atoms with van der Waals surface area (Å²) in [5.74, 6) is 0.319. The van der Waals surface area contributed by atoms with E-state index in [0.29, 0.717) is 12.5 Å². The Bertz CT molecular complexity index is 155. The monoisotopic (exact) mass is 190 g/mol. The van der Waals surface area contributed by atoms with Gasteiger partial charge in [-0.1, -0.05) is 6.42 Å². The molecule has 1 saturated carbocycles. The summed E-state index contributed by atoms with van der Waals surface area (Å²) in [6.45, 7) is 0.684. The van der Waals surface area contributed by atoms with Crippen molar-refractivity contribution in [3.63, 3.8) is 0 Å². The molecule has 0 aromatic heterocycles. The number of ether oxygens (including phenoxy) is 2. The minimum Gasteiger partial charge on any atom is -0.347 e. The molecule has 0 amide bonds. The second kappa shape index (κ2) is 3.52. The Morgan fingerprint density at radius 3 is 2.58 bits per heavy atom. The highest BCUT2D eigenvalue weighted by atomic mass is 35.5. The van der Waals surface area contributed by atoms with E-state index < -0.39 is 0 Å². The van der Waals surface area contributed by atoms with Crippen molar-refractivity contribution in [2.24, 2.45) is 0 Å². The molecule has 2 nitrogen and oxygen atoms in total. The number of hydrogen-bond acceptors (Lipinski definition) is 2. The van der Waals surface area contributed by atoms with Gasteiger partial charge in [0, 0.05) is 12.8 Å². The maximum atomic E-state index is 5.78. The predicted molar refractivity (Wildman–Crippen MR) is 47.4 cm³/mol. The van der Waals surface area contributed by atoms with Gasteiger partial charge in [-0.25, -0.2) is 0 Å². The van der Waals surface area contributed by atoms with Crippen LogP contribution in [0, 0.1) is 0 Å². The molecule has 1 spiro atoms. The average Bonchev–Trinajstić information content (AvgIpc) is 2.50. The summed E-state index contributed by atoms with van der Waals surface area (Å²) in [4.78, 5) is 0. The lowest BCUT2D eigenvalue weighted by Crippen LogP contribution is -2.33. The van der Waals surface area contributed by atoms with Crippen LogP contribution < -0.4 is 0 Å². The van der Waals surface area contributed by atoms with Crippen molar-refractivity contribution < 1.29 is 9.47 Å². The Balaban J connectivity index is 1.94. The van der Waals surface area contributed by atoms with Crippen molar-refractivity contribution in [3.8, 4) is 0 Å². The van der Waals surface area contributed by atoms with E-state index in [9.17, 15) is 0 Å². The fourth-order valence-corrected chi connectivity index (χ4v) is 2.20. The quantitative estimate of drug-likeness (QED) is 0.591. The van der Waals surface area contributed by atoms with Gasteiger partial charge in [-0.05, 0) is 12.8 Å². The molecule has 1 saturated heterocycles. The Morgan fingerprint density at radius 2 is 2.00 bits per heavy atom. The third-order valence-electron chi connectivity index (χ3n) is 2.70. The Kier molecular flexibility index (Phi) is 2.58. The number of hydrogen-bond donors (Lipinski definition) is 0. The van der Waals surface area contributed by atoms with E-state index >= 15 is 0 Å². The summed E-state index contributed by atoms with van der Waals surface area (Å²) >= 11 is 5.71. The third kappa shape index (κ3) is 1.61. The molecule has 1 heterocycles. The first-order valence-electron chi connectivity index (χ1n) is 4.72. The van der Waals surface area contributed by atoms with Crippen LogP contribution in [0.3, 0.4) is 0 Å². The van der Waals surface area contributed by atoms with Crippen molar-refractivity contribution in [2.75, 3.05) is 12.5 Å². The zero-order valence-electron chi connectivity index (χ0n) is 7.22. The summed E-state index contributed by atoms with van der Waals surface area (Å²) in [6, 6.07) is 0. The molecule has 0 N–H and O–H groups in total. The highest BCUT2D eigenvalue weighted by Crippen LogP contribution is 2.37. The fourth-order valence-electron chi connectivity index (χ4n) is 2.05. The van der Waals surface area contributed by atoms with E-state index in [2.05, 4.69) is 0 Å². The van der Waals surface area contributed by atoms with Gasteiger partial charge in [-0.3, -0.25) is 0 Å². The molecule has 1 atom stereocenters. The topological polar surface area (TPSA) is 18.5 Å². The molecular formula is C9H15ClO2. The molecule has 3 heteroatoms. The average molecular weight is 191 g/mol. The van der Waals surface area contributed by atoms with Gasteiger partial charge in [0.05, 0.1) is 18.6 Å². The number of alkyl halides is 1. The highest BCUT2D eigenvalue weighted by Gasteiger charge is 2.41. The maximum Gasteiger partial charge on any atom is 0.168 e. The van der Waals surface area contributed by atoms with Gasteiger partial charge in [-0.15, -0.1) is 11.6 Å². The van der Waals surface area contributed by atoms with E-state index in [1.165, 1.54) is 19.3 Å². The normalized spacial score (nSPS) is 34.2. The standard InChI is InChI=1S/C9H15ClO2/c10-6-8-7-11-9(12-8)4-2-1-3-5-9/h8H,1-7H2/t8-/m0/s1. The Labute approximate surface area is 78.2 Å². The minimum atomic E-state index is -0.238. The van der Waals surface area contributed by atoms with Crippen molar-refractivity contribution in [2.45, 2.75) is 44.0 Å². The van der Waals surface area contributed by atoms with E-state index in [-0.39, 0.29) is 11.9 Å². The lowest BCUT2D eigenvalue weighted by molar-refractivity contribution is -0.185. The first-order valence-corrected chi connectivity index (χ1v) is 5.26. The smallest absolute Gasteiger partial charge is 0.168 e. The molecule has 2 rings (SSSR count). The predicted octanol–water partition coefficient (Wildman–Crippen LogP) is 2.30. The van der Waals surface area contributed by atoms with Crippen LogP contribution in [0.2, 0.25) is 0 Å². The highest BCUT2D eigenvalue weighted by molar-refractivity contribution is 6.18. The van der Waals surface area contributed by atoms with Gasteiger partial charge in [0.15, 0.2) is 5.79 Å². The number of halogens is 1. The molecule has 0 bridgehead atoms. The Hall–Kier alpha value is 0.210. The molecule has 12 heavy (non-hydrogen) atoms. The van der Waals surface area contributed by atoms with Gasteiger partial charge >= 0.3 is 0 Å². The van der Waals surface area contributed by atoms with E-state index in [4.69, 9.17) is 21.1 Å². The van der Waals surface area contributed by atoms with Crippen LogP contribution in [0.4, 0.5) is 0 Å². The molecule has 1 aliphatic carbocycles.